The van der Waals surface area contributed by atoms with Crippen molar-refractivity contribution in [1.82, 2.24) is 5.32 Å². The zero-order valence-corrected chi connectivity index (χ0v) is 11.5. The third-order valence-corrected chi connectivity index (χ3v) is 3.78. The molecule has 20 heavy (non-hydrogen) atoms. The number of carbonyl (C=O) groups is 1. The Morgan fingerprint density at radius 3 is 2.80 bits per heavy atom. The molecule has 1 aromatic carbocycles. The van der Waals surface area contributed by atoms with Gasteiger partial charge in [-0.25, -0.2) is 0 Å². The second-order valence-corrected chi connectivity index (χ2v) is 5.25. The van der Waals surface area contributed by atoms with E-state index < -0.39 is 6.10 Å². The number of aryl methyl sites for hydroxylation is 2. The SMILES string of the molecule is Cc1cc(C(=O)N[C@H]2c3ccccc3C[C@H]2O)c(C)o1. The van der Waals surface area contributed by atoms with E-state index in [9.17, 15) is 9.90 Å². The van der Waals surface area contributed by atoms with Crippen LogP contribution in [0.5, 0.6) is 0 Å². The normalized spacial score (nSPS) is 20.8. The molecule has 104 valence electrons. The Labute approximate surface area is 117 Å². The van der Waals surface area contributed by atoms with E-state index in [-0.39, 0.29) is 11.9 Å². The second-order valence-electron chi connectivity index (χ2n) is 5.25. The summed E-state index contributed by atoms with van der Waals surface area (Å²) in [6.45, 7) is 3.57. The maximum Gasteiger partial charge on any atom is 0.255 e. The highest BCUT2D eigenvalue weighted by molar-refractivity contribution is 5.95. The van der Waals surface area contributed by atoms with Crippen molar-refractivity contribution in [3.05, 3.63) is 58.5 Å². The quantitative estimate of drug-likeness (QED) is 0.881. The third kappa shape index (κ3) is 2.12. The Balaban J connectivity index is 1.85. The van der Waals surface area contributed by atoms with Crippen molar-refractivity contribution in [2.75, 3.05) is 0 Å². The summed E-state index contributed by atoms with van der Waals surface area (Å²) in [6, 6.07) is 9.16. The number of benzene rings is 1. The van der Waals surface area contributed by atoms with Gasteiger partial charge < -0.3 is 14.8 Å². The number of aliphatic hydroxyl groups excluding tert-OH is 1. The Morgan fingerprint density at radius 2 is 2.10 bits per heavy atom. The molecule has 1 aliphatic rings. The van der Waals surface area contributed by atoms with Crippen LogP contribution in [0.2, 0.25) is 0 Å². The fraction of sp³-hybridized carbons (Fsp3) is 0.312. The molecule has 2 aromatic rings. The Bertz CT molecular complexity index is 659. The molecule has 2 N–H and O–H groups in total. The number of hydrogen-bond donors (Lipinski definition) is 2. The molecule has 0 unspecified atom stereocenters. The van der Waals surface area contributed by atoms with Gasteiger partial charge in [-0.1, -0.05) is 24.3 Å². The first kappa shape index (κ1) is 12.9. The van der Waals surface area contributed by atoms with Crippen molar-refractivity contribution in [2.45, 2.75) is 32.4 Å². The van der Waals surface area contributed by atoms with Crippen LogP contribution in [0.15, 0.2) is 34.7 Å². The molecule has 0 saturated carbocycles. The van der Waals surface area contributed by atoms with E-state index in [0.717, 1.165) is 11.1 Å². The maximum absolute atomic E-state index is 12.3. The number of furan rings is 1. The van der Waals surface area contributed by atoms with Crippen LogP contribution >= 0.6 is 0 Å². The number of amides is 1. The zero-order chi connectivity index (χ0) is 14.3. The van der Waals surface area contributed by atoms with E-state index in [4.69, 9.17) is 4.42 Å². The lowest BCUT2D eigenvalue weighted by Gasteiger charge is -2.17. The highest BCUT2D eigenvalue weighted by Gasteiger charge is 2.32. The molecule has 0 radical (unpaired) electrons. The molecule has 1 amide bonds. The highest BCUT2D eigenvalue weighted by Crippen LogP contribution is 2.31. The average Bonchev–Trinajstić information content (AvgIpc) is 2.90. The molecular formula is C16H17NO3. The van der Waals surface area contributed by atoms with Crippen molar-refractivity contribution in [3.63, 3.8) is 0 Å². The maximum atomic E-state index is 12.3. The standard InChI is InChI=1S/C16H17NO3/c1-9-7-13(10(2)20-9)16(19)17-15-12-6-4-3-5-11(12)8-14(15)18/h3-7,14-15,18H,8H2,1-2H3,(H,17,19)/t14-,15+/m1/s1. The number of fused-ring (bicyclic) bond motifs is 1. The van der Waals surface area contributed by atoms with Crippen molar-refractivity contribution >= 4 is 5.91 Å². The second kappa shape index (κ2) is 4.80. The van der Waals surface area contributed by atoms with Gasteiger partial charge in [0.05, 0.1) is 17.7 Å². The predicted molar refractivity (Wildman–Crippen MR) is 74.5 cm³/mol. The number of nitrogens with one attached hydrogen (secondary N) is 1. The first-order valence-corrected chi connectivity index (χ1v) is 6.70. The minimum Gasteiger partial charge on any atom is -0.466 e. The summed E-state index contributed by atoms with van der Waals surface area (Å²) in [5.41, 5.74) is 2.61. The number of aliphatic hydroxyl groups is 1. The Hall–Kier alpha value is -2.07. The minimum absolute atomic E-state index is 0.208. The van der Waals surface area contributed by atoms with Crippen LogP contribution in [0, 0.1) is 13.8 Å². The number of carbonyl (C=O) groups excluding carboxylic acids is 1. The molecule has 0 bridgehead atoms. The Kier molecular flexibility index (Phi) is 3.10. The fourth-order valence-corrected chi connectivity index (χ4v) is 2.82. The highest BCUT2D eigenvalue weighted by atomic mass is 16.3. The summed E-state index contributed by atoms with van der Waals surface area (Å²) in [5.74, 6) is 1.10. The zero-order valence-electron chi connectivity index (χ0n) is 11.5. The smallest absolute Gasteiger partial charge is 0.255 e. The van der Waals surface area contributed by atoms with E-state index in [0.29, 0.717) is 23.5 Å². The van der Waals surface area contributed by atoms with Crippen LogP contribution in [-0.4, -0.2) is 17.1 Å². The average molecular weight is 271 g/mol. The van der Waals surface area contributed by atoms with E-state index in [1.165, 1.54) is 0 Å². The van der Waals surface area contributed by atoms with E-state index >= 15 is 0 Å². The van der Waals surface area contributed by atoms with E-state index in [1.54, 1.807) is 13.0 Å². The van der Waals surface area contributed by atoms with Crippen LogP contribution in [0.3, 0.4) is 0 Å². The van der Waals surface area contributed by atoms with Gasteiger partial charge in [0.1, 0.15) is 11.5 Å². The lowest BCUT2D eigenvalue weighted by molar-refractivity contribution is 0.0856. The fourth-order valence-electron chi connectivity index (χ4n) is 2.82. The molecule has 3 rings (SSSR count). The van der Waals surface area contributed by atoms with Crippen molar-refractivity contribution in [3.8, 4) is 0 Å². The molecule has 0 aliphatic heterocycles. The largest absolute Gasteiger partial charge is 0.466 e. The first-order valence-electron chi connectivity index (χ1n) is 6.70. The van der Waals surface area contributed by atoms with Crippen LogP contribution in [0.4, 0.5) is 0 Å². The molecule has 2 atom stereocenters. The monoisotopic (exact) mass is 271 g/mol. The minimum atomic E-state index is -0.579. The van der Waals surface area contributed by atoms with Gasteiger partial charge in [0.2, 0.25) is 0 Å². The van der Waals surface area contributed by atoms with Gasteiger partial charge in [0, 0.05) is 6.42 Å². The van der Waals surface area contributed by atoms with Gasteiger partial charge in [0.25, 0.3) is 5.91 Å². The lowest BCUT2D eigenvalue weighted by Crippen LogP contribution is -2.33. The summed E-state index contributed by atoms with van der Waals surface area (Å²) in [6.07, 6.45) is -0.00510. The summed E-state index contributed by atoms with van der Waals surface area (Å²) in [4.78, 5) is 12.3. The predicted octanol–water partition coefficient (Wildman–Crippen LogP) is 2.28. The van der Waals surface area contributed by atoms with Gasteiger partial charge >= 0.3 is 0 Å². The van der Waals surface area contributed by atoms with Crippen LogP contribution in [0.25, 0.3) is 0 Å². The first-order chi connectivity index (χ1) is 9.56. The van der Waals surface area contributed by atoms with Gasteiger partial charge in [-0.3, -0.25) is 4.79 Å². The molecule has 1 aromatic heterocycles. The molecule has 1 aliphatic carbocycles. The molecule has 0 fully saturated rings. The summed E-state index contributed by atoms with van der Waals surface area (Å²) in [5, 5.41) is 13.0. The molecular weight excluding hydrogens is 254 g/mol. The third-order valence-electron chi connectivity index (χ3n) is 3.78. The Morgan fingerprint density at radius 1 is 1.35 bits per heavy atom. The molecule has 0 spiro atoms. The van der Waals surface area contributed by atoms with Crippen molar-refractivity contribution < 1.29 is 14.3 Å². The van der Waals surface area contributed by atoms with Gasteiger partial charge in [-0.15, -0.1) is 0 Å². The summed E-state index contributed by atoms with van der Waals surface area (Å²) >= 11 is 0. The molecule has 4 heteroatoms. The van der Waals surface area contributed by atoms with E-state index in [1.807, 2.05) is 31.2 Å². The van der Waals surface area contributed by atoms with E-state index in [2.05, 4.69) is 5.32 Å². The number of rotatable bonds is 2. The van der Waals surface area contributed by atoms with Crippen molar-refractivity contribution in [1.29, 1.82) is 0 Å². The summed E-state index contributed by atoms with van der Waals surface area (Å²) in [7, 11) is 0. The van der Waals surface area contributed by atoms with Crippen LogP contribution in [0.1, 0.15) is 39.0 Å². The number of hydrogen-bond acceptors (Lipinski definition) is 3. The molecule has 0 saturated heterocycles. The lowest BCUT2D eigenvalue weighted by atomic mass is 10.1. The van der Waals surface area contributed by atoms with Crippen LogP contribution < -0.4 is 5.32 Å². The van der Waals surface area contributed by atoms with Crippen molar-refractivity contribution in [2.24, 2.45) is 0 Å². The topological polar surface area (TPSA) is 62.5 Å². The molecule has 4 nitrogen and oxygen atoms in total. The van der Waals surface area contributed by atoms with Gasteiger partial charge in [0.15, 0.2) is 0 Å². The van der Waals surface area contributed by atoms with Gasteiger partial charge in [-0.2, -0.15) is 0 Å². The van der Waals surface area contributed by atoms with Gasteiger partial charge in [-0.05, 0) is 31.0 Å². The summed E-state index contributed by atoms with van der Waals surface area (Å²) < 4.78 is 5.37. The molecule has 1 heterocycles. The van der Waals surface area contributed by atoms with Crippen LogP contribution in [-0.2, 0) is 6.42 Å².